The maximum absolute atomic E-state index is 14.1. The zero-order valence-corrected chi connectivity index (χ0v) is 18.0. The van der Waals surface area contributed by atoms with E-state index in [9.17, 15) is 9.18 Å². The predicted octanol–water partition coefficient (Wildman–Crippen LogP) is 4.16. The largest absolute Gasteiger partial charge is 0.490 e. The number of anilines is 1. The molecule has 0 bridgehead atoms. The van der Waals surface area contributed by atoms with Crippen LogP contribution in [0.15, 0.2) is 67.0 Å². The van der Waals surface area contributed by atoms with E-state index in [0.29, 0.717) is 62.1 Å². The number of ether oxygens (including phenoxy) is 2. The van der Waals surface area contributed by atoms with Crippen molar-refractivity contribution in [1.29, 1.82) is 0 Å². The van der Waals surface area contributed by atoms with Gasteiger partial charge in [-0.1, -0.05) is 12.1 Å². The van der Waals surface area contributed by atoms with Crippen LogP contribution in [0.3, 0.4) is 0 Å². The van der Waals surface area contributed by atoms with Crippen molar-refractivity contribution in [3.05, 3.63) is 83.9 Å². The van der Waals surface area contributed by atoms with Gasteiger partial charge in [0.15, 0.2) is 11.5 Å². The summed E-state index contributed by atoms with van der Waals surface area (Å²) in [6.45, 7) is 4.95. The third-order valence-electron chi connectivity index (χ3n) is 5.39. The molecule has 32 heavy (non-hydrogen) atoms. The molecule has 1 saturated heterocycles. The molecule has 1 aliphatic rings. The molecule has 6 nitrogen and oxygen atoms in total. The highest BCUT2D eigenvalue weighted by Crippen LogP contribution is 2.30. The Labute approximate surface area is 187 Å². The molecule has 0 N–H and O–H groups in total. The van der Waals surface area contributed by atoms with E-state index in [2.05, 4.69) is 4.98 Å². The summed E-state index contributed by atoms with van der Waals surface area (Å²) in [5.74, 6) is 0.817. The quantitative estimate of drug-likeness (QED) is 0.558. The Morgan fingerprint density at radius 3 is 2.44 bits per heavy atom. The summed E-state index contributed by atoms with van der Waals surface area (Å²) < 4.78 is 25.7. The van der Waals surface area contributed by atoms with Gasteiger partial charge in [-0.25, -0.2) is 4.39 Å². The summed E-state index contributed by atoms with van der Waals surface area (Å²) in [5.41, 5.74) is 2.12. The molecule has 1 aliphatic heterocycles. The van der Waals surface area contributed by atoms with Crippen molar-refractivity contribution in [1.82, 2.24) is 9.88 Å². The molecule has 1 amide bonds. The van der Waals surface area contributed by atoms with Gasteiger partial charge in [0.25, 0.3) is 5.91 Å². The van der Waals surface area contributed by atoms with Gasteiger partial charge < -0.3 is 19.3 Å². The zero-order valence-electron chi connectivity index (χ0n) is 18.0. The standard InChI is InChI=1S/C25H26FN3O3/c1-2-31-24-17-20(7-8-23(24)32-18-19-9-11-27-12-10-19)25(30)29-15-13-28(14-16-29)22-6-4-3-5-21(22)26/h3-12,17H,2,13-16,18H2,1H3. The van der Waals surface area contributed by atoms with Crippen LogP contribution in [-0.2, 0) is 6.61 Å². The lowest BCUT2D eigenvalue weighted by Gasteiger charge is -2.36. The number of piperazine rings is 1. The van der Waals surface area contributed by atoms with Gasteiger partial charge in [-0.3, -0.25) is 9.78 Å². The van der Waals surface area contributed by atoms with Gasteiger partial charge in [-0.15, -0.1) is 0 Å². The molecular formula is C25H26FN3O3. The number of carbonyl (C=O) groups is 1. The van der Waals surface area contributed by atoms with Crippen LogP contribution < -0.4 is 14.4 Å². The van der Waals surface area contributed by atoms with Gasteiger partial charge >= 0.3 is 0 Å². The Kier molecular flexibility index (Phi) is 6.84. The fourth-order valence-electron chi connectivity index (χ4n) is 3.71. The van der Waals surface area contributed by atoms with Crippen LogP contribution in [0.2, 0.25) is 0 Å². The minimum absolute atomic E-state index is 0.0696. The van der Waals surface area contributed by atoms with Crippen molar-refractivity contribution in [3.8, 4) is 11.5 Å². The van der Waals surface area contributed by atoms with Crippen LogP contribution >= 0.6 is 0 Å². The van der Waals surface area contributed by atoms with Crippen molar-refractivity contribution in [2.45, 2.75) is 13.5 Å². The van der Waals surface area contributed by atoms with Crippen LogP contribution in [0, 0.1) is 5.82 Å². The van der Waals surface area contributed by atoms with Crippen molar-refractivity contribution in [2.24, 2.45) is 0 Å². The lowest BCUT2D eigenvalue weighted by Crippen LogP contribution is -2.49. The second-order valence-corrected chi connectivity index (χ2v) is 7.47. The Hall–Kier alpha value is -3.61. The number of benzene rings is 2. The monoisotopic (exact) mass is 435 g/mol. The van der Waals surface area contributed by atoms with Crippen LogP contribution in [0.1, 0.15) is 22.8 Å². The molecule has 2 heterocycles. The predicted molar refractivity (Wildman–Crippen MR) is 121 cm³/mol. The van der Waals surface area contributed by atoms with E-state index in [1.165, 1.54) is 6.07 Å². The van der Waals surface area contributed by atoms with Crippen molar-refractivity contribution in [3.63, 3.8) is 0 Å². The van der Waals surface area contributed by atoms with E-state index in [0.717, 1.165) is 5.56 Å². The van der Waals surface area contributed by atoms with Gasteiger partial charge in [0.1, 0.15) is 12.4 Å². The second-order valence-electron chi connectivity index (χ2n) is 7.47. The summed E-state index contributed by atoms with van der Waals surface area (Å²) in [6.07, 6.45) is 3.44. The van der Waals surface area contributed by atoms with Crippen LogP contribution in [-0.4, -0.2) is 48.6 Å². The number of carbonyl (C=O) groups excluding carboxylic acids is 1. The summed E-state index contributed by atoms with van der Waals surface area (Å²) in [7, 11) is 0. The van der Waals surface area contributed by atoms with E-state index in [-0.39, 0.29) is 11.7 Å². The molecule has 0 spiro atoms. The number of nitrogens with zero attached hydrogens (tertiary/aromatic N) is 3. The molecule has 3 aromatic rings. The number of hydrogen-bond acceptors (Lipinski definition) is 5. The second kappa shape index (κ2) is 10.1. The molecule has 7 heteroatoms. The number of hydrogen-bond donors (Lipinski definition) is 0. The fraction of sp³-hybridized carbons (Fsp3) is 0.280. The Morgan fingerprint density at radius 2 is 1.72 bits per heavy atom. The molecule has 0 radical (unpaired) electrons. The van der Waals surface area contributed by atoms with Crippen LogP contribution in [0.5, 0.6) is 11.5 Å². The Bertz CT molecular complexity index is 1050. The van der Waals surface area contributed by atoms with Gasteiger partial charge in [0.2, 0.25) is 0 Å². The molecule has 0 aliphatic carbocycles. The third kappa shape index (κ3) is 4.99. The Morgan fingerprint density at radius 1 is 0.969 bits per heavy atom. The number of para-hydroxylation sites is 1. The third-order valence-corrected chi connectivity index (χ3v) is 5.39. The van der Waals surface area contributed by atoms with Crippen molar-refractivity contribution in [2.75, 3.05) is 37.7 Å². The molecular weight excluding hydrogens is 409 g/mol. The molecule has 166 valence electrons. The molecule has 0 unspecified atom stereocenters. The number of rotatable bonds is 7. The SMILES string of the molecule is CCOc1cc(C(=O)N2CCN(c3ccccc3F)CC2)ccc1OCc1ccncc1. The molecule has 2 aromatic carbocycles. The first-order valence-corrected chi connectivity index (χ1v) is 10.7. The summed E-state index contributed by atoms with van der Waals surface area (Å²) >= 11 is 0. The smallest absolute Gasteiger partial charge is 0.254 e. The normalized spacial score (nSPS) is 13.7. The van der Waals surface area contributed by atoms with Gasteiger partial charge in [-0.2, -0.15) is 0 Å². The molecule has 1 fully saturated rings. The van der Waals surface area contributed by atoms with Gasteiger partial charge in [0.05, 0.1) is 12.3 Å². The van der Waals surface area contributed by atoms with E-state index < -0.39 is 0 Å². The highest BCUT2D eigenvalue weighted by Gasteiger charge is 2.24. The molecule has 0 saturated carbocycles. The van der Waals surface area contributed by atoms with E-state index in [1.54, 1.807) is 47.6 Å². The molecule has 0 atom stereocenters. The molecule has 4 rings (SSSR count). The minimum Gasteiger partial charge on any atom is -0.490 e. The Balaban J connectivity index is 1.42. The van der Waals surface area contributed by atoms with E-state index in [1.807, 2.05) is 30.0 Å². The average Bonchev–Trinajstić information content (AvgIpc) is 2.84. The summed E-state index contributed by atoms with van der Waals surface area (Å²) in [4.78, 5) is 20.9. The fourth-order valence-corrected chi connectivity index (χ4v) is 3.71. The van der Waals surface area contributed by atoms with Crippen LogP contribution in [0.4, 0.5) is 10.1 Å². The number of halogens is 1. The van der Waals surface area contributed by atoms with Crippen LogP contribution in [0.25, 0.3) is 0 Å². The van der Waals surface area contributed by atoms with E-state index in [4.69, 9.17) is 9.47 Å². The van der Waals surface area contributed by atoms with Crippen molar-refractivity contribution >= 4 is 11.6 Å². The lowest BCUT2D eigenvalue weighted by molar-refractivity contribution is 0.0746. The number of aromatic nitrogens is 1. The summed E-state index contributed by atoms with van der Waals surface area (Å²) in [5, 5.41) is 0. The minimum atomic E-state index is -0.240. The number of pyridine rings is 1. The van der Waals surface area contributed by atoms with Crippen molar-refractivity contribution < 1.29 is 18.7 Å². The first-order chi connectivity index (χ1) is 15.7. The maximum atomic E-state index is 14.1. The molecule has 1 aromatic heterocycles. The first-order valence-electron chi connectivity index (χ1n) is 10.7. The van der Waals surface area contributed by atoms with E-state index >= 15 is 0 Å². The highest BCUT2D eigenvalue weighted by molar-refractivity contribution is 5.95. The van der Waals surface area contributed by atoms with Gasteiger partial charge in [0, 0.05) is 44.1 Å². The average molecular weight is 435 g/mol. The highest BCUT2D eigenvalue weighted by atomic mass is 19.1. The number of amides is 1. The topological polar surface area (TPSA) is 54.9 Å². The first kappa shape index (κ1) is 21.6. The lowest BCUT2D eigenvalue weighted by atomic mass is 10.1. The maximum Gasteiger partial charge on any atom is 0.254 e. The van der Waals surface area contributed by atoms with Gasteiger partial charge in [-0.05, 0) is 55.0 Å². The zero-order chi connectivity index (χ0) is 22.3. The summed E-state index contributed by atoms with van der Waals surface area (Å²) in [6, 6.07) is 15.8.